The van der Waals surface area contributed by atoms with E-state index >= 15 is 0 Å². The topological polar surface area (TPSA) is 175 Å². The summed E-state index contributed by atoms with van der Waals surface area (Å²) in [5.74, 6) is 0.522. The first kappa shape index (κ1) is 59.7. The second-order valence-corrected chi connectivity index (χ2v) is 21.2. The molecule has 0 atom stereocenters. The van der Waals surface area contributed by atoms with Crippen LogP contribution in [0.3, 0.4) is 0 Å². The van der Waals surface area contributed by atoms with Crippen molar-refractivity contribution in [3.8, 4) is 11.5 Å². The van der Waals surface area contributed by atoms with E-state index in [1.807, 2.05) is 81.4 Å². The lowest BCUT2D eigenvalue weighted by atomic mass is 10.1. The Morgan fingerprint density at radius 3 is 1.26 bits per heavy atom. The average Bonchev–Trinajstić information content (AvgIpc) is 3.21. The maximum absolute atomic E-state index is 13.6. The van der Waals surface area contributed by atoms with Crippen LogP contribution in [-0.2, 0) is 56.9 Å². The molecule has 4 aromatic rings. The Morgan fingerprint density at radius 1 is 0.606 bits per heavy atom. The van der Waals surface area contributed by atoms with Crippen LogP contribution in [0, 0.1) is 27.7 Å². The number of carbonyl (C=O) groups excluding carboxylic acids is 2. The molecule has 0 unspecified atom stereocenters. The number of aryl methyl sites for hydroxylation is 4. The molecule has 0 fully saturated rings. The maximum atomic E-state index is 13.6. The van der Waals surface area contributed by atoms with Crippen molar-refractivity contribution in [2.45, 2.75) is 111 Å². The minimum absolute atomic E-state index is 0. The number of hydrogen-bond donors (Lipinski definition) is 1. The minimum Gasteiger partial charge on any atom is -0.497 e. The van der Waals surface area contributed by atoms with Gasteiger partial charge in [0.1, 0.15) is 34.6 Å². The largest absolute Gasteiger partial charge is 0.497 e. The van der Waals surface area contributed by atoms with Crippen LogP contribution in [0.5, 0.6) is 11.5 Å². The molecule has 66 heavy (non-hydrogen) atoms. The highest BCUT2D eigenvalue weighted by Gasteiger charge is 2.30. The molecule has 0 spiro atoms. The summed E-state index contributed by atoms with van der Waals surface area (Å²) in [7, 11) is -4.46. The average molecular weight is 1020 g/mol. The highest BCUT2D eigenvalue weighted by molar-refractivity contribution is 9.09. The van der Waals surface area contributed by atoms with E-state index in [1.165, 1.54) is 8.61 Å². The quantitative estimate of drug-likeness (QED) is 0.0571. The van der Waals surface area contributed by atoms with Crippen molar-refractivity contribution in [3.05, 3.63) is 118 Å². The van der Waals surface area contributed by atoms with Gasteiger partial charge in [-0.25, -0.2) is 21.6 Å². The monoisotopic (exact) mass is 1020 g/mol. The number of carbonyl (C=O) groups is 2. The molecule has 0 aliphatic carbocycles. The molecule has 0 aliphatic rings. The van der Waals surface area contributed by atoms with E-state index in [1.54, 1.807) is 87.0 Å². The summed E-state index contributed by atoms with van der Waals surface area (Å²) >= 11 is 2.99. The van der Waals surface area contributed by atoms with Crippen molar-refractivity contribution < 1.29 is 55.2 Å². The normalized spacial score (nSPS) is 11.6. The number of ether oxygens (including phenoxy) is 5. The molecule has 4 aromatic carbocycles. The van der Waals surface area contributed by atoms with Crippen molar-refractivity contribution in [2.24, 2.45) is 0 Å². The van der Waals surface area contributed by atoms with E-state index in [0.717, 1.165) is 11.1 Å². The van der Waals surface area contributed by atoms with Crippen molar-refractivity contribution in [1.29, 1.82) is 0 Å². The minimum atomic E-state index is -3.83. The van der Waals surface area contributed by atoms with Gasteiger partial charge in [-0.15, -0.1) is 0 Å². The number of esters is 2. The third-order valence-electron chi connectivity index (χ3n) is 8.94. The van der Waals surface area contributed by atoms with Gasteiger partial charge in [0.15, 0.2) is 0 Å². The van der Waals surface area contributed by atoms with E-state index in [-0.39, 0.29) is 80.1 Å². The van der Waals surface area contributed by atoms with E-state index in [2.05, 4.69) is 15.9 Å². The molecular weight excluding hydrogens is 953 g/mol. The maximum Gasteiger partial charge on any atom is 0.332 e. The van der Waals surface area contributed by atoms with Crippen molar-refractivity contribution in [1.82, 2.24) is 8.61 Å². The Bertz CT molecular complexity index is 2300. The number of methoxy groups -OCH3 is 2. The predicted octanol–water partition coefficient (Wildman–Crippen LogP) is 8.72. The van der Waals surface area contributed by atoms with Gasteiger partial charge in [0.2, 0.25) is 20.0 Å². The van der Waals surface area contributed by atoms with Gasteiger partial charge >= 0.3 is 11.9 Å². The number of aliphatic hydroxyl groups is 1. The van der Waals surface area contributed by atoms with E-state index in [4.69, 9.17) is 23.7 Å². The zero-order valence-corrected chi connectivity index (χ0v) is 43.0. The van der Waals surface area contributed by atoms with Crippen LogP contribution >= 0.6 is 15.9 Å². The first-order chi connectivity index (χ1) is 30.3. The van der Waals surface area contributed by atoms with Crippen LogP contribution in [0.1, 0.15) is 82.3 Å². The number of aliphatic hydroxyl groups excluding tert-OH is 1. The summed E-state index contributed by atoms with van der Waals surface area (Å²) in [6.45, 7) is 18.0. The van der Waals surface area contributed by atoms with Gasteiger partial charge in [0.05, 0.1) is 37.2 Å². The van der Waals surface area contributed by atoms with E-state index < -0.39 is 31.6 Å². The predicted molar refractivity (Wildman–Crippen MR) is 263 cm³/mol. The number of rotatable bonds is 18. The molecule has 0 bridgehead atoms. The zero-order chi connectivity index (χ0) is 49.2. The summed E-state index contributed by atoms with van der Waals surface area (Å²) < 4.78 is 82.3. The molecule has 0 aliphatic heterocycles. The van der Waals surface area contributed by atoms with Crippen LogP contribution in [-0.4, -0.2) is 106 Å². The number of benzene rings is 4. The molecule has 0 saturated heterocycles. The molecule has 368 valence electrons. The number of hydrogen-bond acceptors (Lipinski definition) is 12. The highest BCUT2D eigenvalue weighted by atomic mass is 79.9. The fourth-order valence-corrected chi connectivity index (χ4v) is 10.2. The Labute approximate surface area is 402 Å². The van der Waals surface area contributed by atoms with Gasteiger partial charge in [-0.05, 0) is 127 Å². The lowest BCUT2D eigenvalue weighted by Gasteiger charge is -2.25. The molecule has 0 radical (unpaired) electrons. The van der Waals surface area contributed by atoms with Gasteiger partial charge in [0, 0.05) is 26.2 Å². The van der Waals surface area contributed by atoms with E-state index in [9.17, 15) is 31.5 Å². The van der Waals surface area contributed by atoms with Crippen molar-refractivity contribution >= 4 is 47.9 Å². The van der Waals surface area contributed by atoms with Crippen molar-refractivity contribution in [3.63, 3.8) is 0 Å². The number of sulfonamides is 2. The second kappa shape index (κ2) is 27.5. The second-order valence-electron chi connectivity index (χ2n) is 16.9. The van der Waals surface area contributed by atoms with Crippen LogP contribution in [0.15, 0.2) is 94.7 Å². The molecule has 0 aromatic heterocycles. The van der Waals surface area contributed by atoms with Gasteiger partial charge in [-0.3, -0.25) is 4.79 Å². The molecule has 14 nitrogen and oxygen atoms in total. The molecule has 0 amide bonds. The van der Waals surface area contributed by atoms with E-state index in [0.29, 0.717) is 33.8 Å². The zero-order valence-electron chi connectivity index (χ0n) is 39.8. The third kappa shape index (κ3) is 19.9. The summed E-state index contributed by atoms with van der Waals surface area (Å²) in [6.07, 6.45) is 0. The molecule has 1 N–H and O–H groups in total. The van der Waals surface area contributed by atoms with Gasteiger partial charge in [-0.2, -0.15) is 8.61 Å². The van der Waals surface area contributed by atoms with Crippen LogP contribution in [0.25, 0.3) is 0 Å². The van der Waals surface area contributed by atoms with Gasteiger partial charge < -0.3 is 28.8 Å². The van der Waals surface area contributed by atoms with Crippen LogP contribution in [0.2, 0.25) is 0 Å². The third-order valence-corrected chi connectivity index (χ3v) is 13.7. The smallest absolute Gasteiger partial charge is 0.332 e. The Morgan fingerprint density at radius 2 is 0.955 bits per heavy atom. The van der Waals surface area contributed by atoms with Gasteiger partial charge in [0.25, 0.3) is 0 Å². The molecule has 0 saturated carbocycles. The summed E-state index contributed by atoms with van der Waals surface area (Å²) in [5.41, 5.74) is 3.23. The lowest BCUT2D eigenvalue weighted by molar-refractivity contribution is -0.160. The fourth-order valence-electron chi connectivity index (χ4n) is 6.44. The number of halogens is 1. The Hall–Kier alpha value is -4.36. The van der Waals surface area contributed by atoms with Gasteiger partial charge in [-0.1, -0.05) is 84.0 Å². The Balaban J connectivity index is 0.000000563. The molecule has 4 rings (SSSR count). The molecular formula is C49H71BrN2O12S2. The first-order valence-corrected chi connectivity index (χ1v) is 24.9. The number of nitrogens with zero attached hydrogens (tertiary/aromatic N) is 2. The molecule has 0 heterocycles. The fraction of sp³-hybridized carbons (Fsp3) is 0.469. The Kier molecular flexibility index (Phi) is 24.8. The lowest BCUT2D eigenvalue weighted by Crippen LogP contribution is -2.35. The summed E-state index contributed by atoms with van der Waals surface area (Å²) in [4.78, 5) is 23.0. The van der Waals surface area contributed by atoms with Crippen molar-refractivity contribution in [2.75, 3.05) is 52.5 Å². The SMILES string of the molecule is C.CC(C)(C)OC(=O)CBr.COc1cc(C)c(S(=O)(=O)N(CCO)Cc2ccccc2)c(C)c1.COc1cc(C)c(S(=O)(=O)N(CCOCC(=O)OC(C)(C)C)Cc2ccccc2)c(C)c1. The summed E-state index contributed by atoms with van der Waals surface area (Å²) in [5, 5.41) is 9.59. The number of alkyl halides is 1. The summed E-state index contributed by atoms with van der Waals surface area (Å²) in [6, 6.07) is 25.5. The van der Waals surface area contributed by atoms with Crippen LogP contribution < -0.4 is 9.47 Å². The first-order valence-electron chi connectivity index (χ1n) is 20.9. The standard InChI is InChI=1S/C24H33NO6S.C18H23NO4S.C6H11BrO2.CH4/c1-18-14-21(29-6)15-19(2)23(18)32(27,28)25(16-20-10-8-7-9-11-20)12-13-30-17-22(26)31-24(3,4)5;1-14-11-17(23-3)12-15(2)18(14)24(21,22)19(9-10-20)13-16-7-5-4-6-8-16;1-6(2,3)9-5(8)4-7;/h7-11,14-15H,12-13,16-17H2,1-6H3;4-8,11-12,20H,9-10,13H2,1-3H3;4H2,1-3H3;1H4. The highest BCUT2D eigenvalue weighted by Crippen LogP contribution is 2.30. The molecule has 17 heteroatoms. The van der Waals surface area contributed by atoms with Crippen LogP contribution in [0.4, 0.5) is 0 Å².